The number of carboxylic acids is 1. The fourth-order valence-corrected chi connectivity index (χ4v) is 2.02. The SMILES string of the molecule is O=C(O)CC/C=N/Oc1ccc(-c2ccccc2)c(Cl)c1. The maximum atomic E-state index is 10.3. The number of carbonyl (C=O) groups is 1. The highest BCUT2D eigenvalue weighted by atomic mass is 35.5. The molecule has 0 unspecified atom stereocenters. The minimum absolute atomic E-state index is 0.0283. The Morgan fingerprint density at radius 2 is 2.00 bits per heavy atom. The van der Waals surface area contributed by atoms with Crippen LogP contribution in [0.2, 0.25) is 5.02 Å². The van der Waals surface area contributed by atoms with Gasteiger partial charge in [0.2, 0.25) is 0 Å². The van der Waals surface area contributed by atoms with Crippen molar-refractivity contribution in [2.24, 2.45) is 5.16 Å². The molecule has 0 amide bonds. The summed E-state index contributed by atoms with van der Waals surface area (Å²) in [5.74, 6) is -0.358. The molecule has 0 aromatic heterocycles. The molecule has 0 saturated carbocycles. The van der Waals surface area contributed by atoms with Gasteiger partial charge in [0, 0.05) is 17.8 Å². The van der Waals surface area contributed by atoms with E-state index >= 15 is 0 Å². The summed E-state index contributed by atoms with van der Waals surface area (Å²) in [5, 5.41) is 12.8. The molecule has 2 aromatic rings. The maximum absolute atomic E-state index is 10.3. The van der Waals surface area contributed by atoms with Gasteiger partial charge in [0.15, 0.2) is 5.75 Å². The summed E-state index contributed by atoms with van der Waals surface area (Å²) >= 11 is 6.24. The molecule has 2 aromatic carbocycles. The summed E-state index contributed by atoms with van der Waals surface area (Å²) < 4.78 is 0. The number of benzene rings is 2. The van der Waals surface area contributed by atoms with Crippen molar-refractivity contribution in [3.63, 3.8) is 0 Å². The van der Waals surface area contributed by atoms with Crippen molar-refractivity contribution >= 4 is 23.8 Å². The first kappa shape index (κ1) is 15.1. The summed E-state index contributed by atoms with van der Waals surface area (Å²) in [7, 11) is 0. The number of hydrogen-bond donors (Lipinski definition) is 1. The largest absolute Gasteiger partial charge is 0.481 e. The van der Waals surface area contributed by atoms with E-state index in [1.165, 1.54) is 6.21 Å². The van der Waals surface area contributed by atoms with Gasteiger partial charge in [-0.2, -0.15) is 0 Å². The summed E-state index contributed by atoms with van der Waals surface area (Å²) in [5.41, 5.74) is 1.94. The van der Waals surface area contributed by atoms with Crippen LogP contribution in [0, 0.1) is 0 Å². The standard InChI is InChI=1S/C16H14ClNO3/c17-15-11-13(21-18-10-4-7-16(19)20)8-9-14(15)12-5-2-1-3-6-12/h1-3,5-6,8-11H,4,7H2,(H,19,20)/b18-10+. The molecular formula is C16H14ClNO3. The van der Waals surface area contributed by atoms with Gasteiger partial charge in [-0.15, -0.1) is 0 Å². The second-order valence-corrected chi connectivity index (χ2v) is 4.73. The first-order valence-corrected chi connectivity index (χ1v) is 6.80. The smallest absolute Gasteiger partial charge is 0.303 e. The van der Waals surface area contributed by atoms with Crippen LogP contribution in [0.3, 0.4) is 0 Å². The van der Waals surface area contributed by atoms with Gasteiger partial charge in [0.05, 0.1) is 11.4 Å². The molecule has 108 valence electrons. The number of halogens is 1. The van der Waals surface area contributed by atoms with E-state index in [0.717, 1.165) is 11.1 Å². The van der Waals surface area contributed by atoms with E-state index in [1.807, 2.05) is 36.4 Å². The maximum Gasteiger partial charge on any atom is 0.303 e. The van der Waals surface area contributed by atoms with E-state index in [2.05, 4.69) is 5.16 Å². The molecule has 0 aliphatic rings. The van der Waals surface area contributed by atoms with E-state index in [4.69, 9.17) is 21.5 Å². The predicted molar refractivity (Wildman–Crippen MR) is 82.9 cm³/mol. The van der Waals surface area contributed by atoms with Crippen molar-refractivity contribution in [1.82, 2.24) is 0 Å². The van der Waals surface area contributed by atoms with Gasteiger partial charge in [-0.1, -0.05) is 47.1 Å². The van der Waals surface area contributed by atoms with E-state index in [1.54, 1.807) is 12.1 Å². The van der Waals surface area contributed by atoms with Crippen LogP contribution in [-0.2, 0) is 4.79 Å². The Kier molecular flexibility index (Phi) is 5.35. The van der Waals surface area contributed by atoms with Crippen molar-refractivity contribution in [3.05, 3.63) is 53.6 Å². The zero-order chi connectivity index (χ0) is 15.1. The van der Waals surface area contributed by atoms with E-state index in [9.17, 15) is 4.79 Å². The molecule has 0 radical (unpaired) electrons. The molecule has 21 heavy (non-hydrogen) atoms. The van der Waals surface area contributed by atoms with Gasteiger partial charge in [-0.3, -0.25) is 4.79 Å². The Labute approximate surface area is 127 Å². The zero-order valence-electron chi connectivity index (χ0n) is 11.2. The van der Waals surface area contributed by atoms with Crippen LogP contribution in [0.5, 0.6) is 5.75 Å². The number of nitrogens with zero attached hydrogens (tertiary/aromatic N) is 1. The molecular weight excluding hydrogens is 290 g/mol. The average Bonchev–Trinajstić information content (AvgIpc) is 2.47. The molecule has 5 heteroatoms. The Bertz CT molecular complexity index is 641. The third-order valence-electron chi connectivity index (χ3n) is 2.75. The molecule has 0 aliphatic heterocycles. The minimum atomic E-state index is -0.864. The Morgan fingerprint density at radius 1 is 1.24 bits per heavy atom. The van der Waals surface area contributed by atoms with Gasteiger partial charge >= 0.3 is 5.97 Å². The number of carboxylic acid groups (broad SMARTS) is 1. The van der Waals surface area contributed by atoms with Gasteiger partial charge in [0.1, 0.15) is 0 Å². The number of rotatable bonds is 6. The highest BCUT2D eigenvalue weighted by Gasteiger charge is 2.04. The fourth-order valence-electron chi connectivity index (χ4n) is 1.74. The molecule has 2 rings (SSSR count). The molecule has 0 aliphatic carbocycles. The fraction of sp³-hybridized carbons (Fsp3) is 0.125. The lowest BCUT2D eigenvalue weighted by Gasteiger charge is -2.06. The van der Waals surface area contributed by atoms with Crippen LogP contribution in [0.1, 0.15) is 12.8 Å². The average molecular weight is 304 g/mol. The molecule has 0 spiro atoms. The second kappa shape index (κ2) is 7.45. The molecule has 0 atom stereocenters. The normalized spacial score (nSPS) is 10.7. The molecule has 0 bridgehead atoms. The molecule has 0 heterocycles. The van der Waals surface area contributed by atoms with Crippen LogP contribution in [-0.4, -0.2) is 17.3 Å². The Morgan fingerprint density at radius 3 is 2.67 bits per heavy atom. The van der Waals surface area contributed by atoms with E-state index in [0.29, 0.717) is 17.2 Å². The molecule has 0 fully saturated rings. The molecule has 1 N–H and O–H groups in total. The zero-order valence-corrected chi connectivity index (χ0v) is 12.0. The van der Waals surface area contributed by atoms with Crippen LogP contribution in [0.15, 0.2) is 53.7 Å². The summed E-state index contributed by atoms with van der Waals surface area (Å²) in [6.07, 6.45) is 1.78. The highest BCUT2D eigenvalue weighted by Crippen LogP contribution is 2.30. The number of aliphatic carboxylic acids is 1. The van der Waals surface area contributed by atoms with E-state index in [-0.39, 0.29) is 6.42 Å². The summed E-state index contributed by atoms with van der Waals surface area (Å²) in [6, 6.07) is 15.1. The van der Waals surface area contributed by atoms with Crippen molar-refractivity contribution in [3.8, 4) is 16.9 Å². The number of hydrogen-bond acceptors (Lipinski definition) is 3. The lowest BCUT2D eigenvalue weighted by molar-refractivity contribution is -0.136. The van der Waals surface area contributed by atoms with Gasteiger partial charge < -0.3 is 9.94 Å². The van der Waals surface area contributed by atoms with Crippen LogP contribution >= 0.6 is 11.6 Å². The Balaban J connectivity index is 2.01. The van der Waals surface area contributed by atoms with Crippen molar-refractivity contribution in [1.29, 1.82) is 0 Å². The summed E-state index contributed by atoms with van der Waals surface area (Å²) in [4.78, 5) is 15.5. The van der Waals surface area contributed by atoms with Gasteiger partial charge in [0.25, 0.3) is 0 Å². The van der Waals surface area contributed by atoms with Crippen molar-refractivity contribution in [2.45, 2.75) is 12.8 Å². The van der Waals surface area contributed by atoms with Crippen LogP contribution in [0.4, 0.5) is 0 Å². The predicted octanol–water partition coefficient (Wildman–Crippen LogP) is 4.24. The summed E-state index contributed by atoms with van der Waals surface area (Å²) in [6.45, 7) is 0. The van der Waals surface area contributed by atoms with Gasteiger partial charge in [-0.05, 0) is 24.1 Å². The van der Waals surface area contributed by atoms with Crippen LogP contribution < -0.4 is 4.84 Å². The number of oxime groups is 1. The molecule has 4 nitrogen and oxygen atoms in total. The topological polar surface area (TPSA) is 58.9 Å². The molecule has 0 saturated heterocycles. The minimum Gasteiger partial charge on any atom is -0.481 e. The highest BCUT2D eigenvalue weighted by molar-refractivity contribution is 6.33. The monoisotopic (exact) mass is 303 g/mol. The van der Waals surface area contributed by atoms with Crippen molar-refractivity contribution < 1.29 is 14.7 Å². The third kappa shape index (κ3) is 4.61. The second-order valence-electron chi connectivity index (χ2n) is 4.32. The lowest BCUT2D eigenvalue weighted by atomic mass is 10.1. The Hall–Kier alpha value is -2.33. The van der Waals surface area contributed by atoms with E-state index < -0.39 is 5.97 Å². The van der Waals surface area contributed by atoms with Gasteiger partial charge in [-0.25, -0.2) is 0 Å². The van der Waals surface area contributed by atoms with Crippen LogP contribution in [0.25, 0.3) is 11.1 Å². The quantitative estimate of drug-likeness (QED) is 0.641. The lowest BCUT2D eigenvalue weighted by Crippen LogP contribution is -1.94. The van der Waals surface area contributed by atoms with Crippen molar-refractivity contribution in [2.75, 3.05) is 0 Å². The first-order chi connectivity index (χ1) is 10.2. The third-order valence-corrected chi connectivity index (χ3v) is 3.06. The first-order valence-electron chi connectivity index (χ1n) is 6.42.